The maximum absolute atomic E-state index is 5.45. The van der Waals surface area contributed by atoms with E-state index in [1.807, 2.05) is 6.07 Å². The van der Waals surface area contributed by atoms with Crippen molar-refractivity contribution >= 4 is 5.57 Å². The van der Waals surface area contributed by atoms with Gasteiger partial charge >= 0.3 is 0 Å². The minimum absolute atomic E-state index is 0.341. The number of allylic oxidation sites excluding steroid dienone is 2. The van der Waals surface area contributed by atoms with Crippen LogP contribution in [0.25, 0.3) is 5.57 Å². The molecule has 0 saturated carbocycles. The molecular formula is C13H16O2. The van der Waals surface area contributed by atoms with Crippen molar-refractivity contribution in [3.8, 4) is 11.5 Å². The molecule has 1 aromatic carbocycles. The van der Waals surface area contributed by atoms with Gasteiger partial charge in [-0.3, -0.25) is 0 Å². The molecule has 0 unspecified atom stereocenters. The third kappa shape index (κ3) is 1.60. The fraction of sp³-hybridized carbons (Fsp3) is 0.385. The van der Waals surface area contributed by atoms with Gasteiger partial charge in [0.1, 0.15) is 0 Å². The predicted molar refractivity (Wildman–Crippen MR) is 61.2 cm³/mol. The van der Waals surface area contributed by atoms with Crippen molar-refractivity contribution in [3.63, 3.8) is 0 Å². The second-order valence-electron chi connectivity index (χ2n) is 4.10. The van der Waals surface area contributed by atoms with E-state index in [-0.39, 0.29) is 0 Å². The lowest BCUT2D eigenvalue weighted by Gasteiger charge is -2.10. The van der Waals surface area contributed by atoms with E-state index in [2.05, 4.69) is 33.8 Å². The fourth-order valence-corrected chi connectivity index (χ4v) is 1.79. The predicted octanol–water partition coefficient (Wildman–Crippen LogP) is 3.54. The van der Waals surface area contributed by atoms with Crippen molar-refractivity contribution in [2.45, 2.75) is 27.7 Å². The summed E-state index contributed by atoms with van der Waals surface area (Å²) in [5.41, 5.74) is 5.06. The van der Waals surface area contributed by atoms with Crippen LogP contribution in [0.2, 0.25) is 0 Å². The van der Waals surface area contributed by atoms with Gasteiger partial charge in [0.25, 0.3) is 0 Å². The lowest BCUT2D eigenvalue weighted by molar-refractivity contribution is 0.173. The summed E-state index contributed by atoms with van der Waals surface area (Å²) in [5.74, 6) is 1.76. The average Bonchev–Trinajstić information content (AvgIpc) is 2.66. The zero-order chi connectivity index (χ0) is 11.0. The molecule has 0 amide bonds. The molecule has 0 bridgehead atoms. The second-order valence-corrected chi connectivity index (χ2v) is 4.10. The van der Waals surface area contributed by atoms with E-state index < -0.39 is 0 Å². The molecule has 1 aliphatic rings. The largest absolute Gasteiger partial charge is 0.454 e. The Morgan fingerprint density at radius 1 is 1.13 bits per heavy atom. The van der Waals surface area contributed by atoms with Crippen LogP contribution in [0.4, 0.5) is 0 Å². The molecule has 15 heavy (non-hydrogen) atoms. The Bertz CT molecular complexity index is 426. The monoisotopic (exact) mass is 204 g/mol. The molecule has 1 aliphatic heterocycles. The van der Waals surface area contributed by atoms with Gasteiger partial charge in [0.2, 0.25) is 6.79 Å². The molecule has 2 nitrogen and oxygen atoms in total. The Labute approximate surface area is 90.5 Å². The van der Waals surface area contributed by atoms with Crippen LogP contribution in [-0.4, -0.2) is 6.79 Å². The van der Waals surface area contributed by atoms with E-state index in [4.69, 9.17) is 9.47 Å². The molecule has 0 radical (unpaired) electrons. The highest BCUT2D eigenvalue weighted by Gasteiger charge is 2.18. The van der Waals surface area contributed by atoms with Crippen molar-refractivity contribution in [1.82, 2.24) is 0 Å². The second kappa shape index (κ2) is 3.61. The normalized spacial score (nSPS) is 12.8. The number of rotatable bonds is 1. The van der Waals surface area contributed by atoms with E-state index in [1.165, 1.54) is 22.3 Å². The molecule has 0 fully saturated rings. The van der Waals surface area contributed by atoms with Crippen LogP contribution in [0.3, 0.4) is 0 Å². The lowest BCUT2D eigenvalue weighted by atomic mass is 9.97. The summed E-state index contributed by atoms with van der Waals surface area (Å²) < 4.78 is 10.8. The van der Waals surface area contributed by atoms with Gasteiger partial charge in [-0.2, -0.15) is 0 Å². The van der Waals surface area contributed by atoms with Gasteiger partial charge in [0, 0.05) is 5.56 Å². The van der Waals surface area contributed by atoms with Crippen molar-refractivity contribution in [2.75, 3.05) is 6.79 Å². The zero-order valence-electron chi connectivity index (χ0n) is 9.68. The lowest BCUT2D eigenvalue weighted by Crippen LogP contribution is -1.94. The molecule has 0 spiro atoms. The van der Waals surface area contributed by atoms with Crippen molar-refractivity contribution in [3.05, 3.63) is 28.8 Å². The molecule has 0 saturated heterocycles. The molecule has 0 aliphatic carbocycles. The van der Waals surface area contributed by atoms with Crippen LogP contribution >= 0.6 is 0 Å². The number of hydrogen-bond acceptors (Lipinski definition) is 2. The Balaban J connectivity index is 2.57. The highest BCUT2D eigenvalue weighted by atomic mass is 16.7. The summed E-state index contributed by atoms with van der Waals surface area (Å²) in [5, 5.41) is 0. The number of benzene rings is 1. The third-order valence-electron chi connectivity index (χ3n) is 2.94. The summed E-state index contributed by atoms with van der Waals surface area (Å²) in [4.78, 5) is 0. The van der Waals surface area contributed by atoms with Crippen molar-refractivity contribution < 1.29 is 9.47 Å². The van der Waals surface area contributed by atoms with Crippen molar-refractivity contribution in [1.29, 1.82) is 0 Å². The molecule has 1 heterocycles. The number of fused-ring (bicyclic) bond motifs is 1. The SMILES string of the molecule is CC(C)=C(C)c1ccc2c(c1C)OCO2. The van der Waals surface area contributed by atoms with Crippen LogP contribution < -0.4 is 9.47 Å². The van der Waals surface area contributed by atoms with Crippen LogP contribution in [0, 0.1) is 6.92 Å². The van der Waals surface area contributed by atoms with Gasteiger partial charge in [0.05, 0.1) is 0 Å². The van der Waals surface area contributed by atoms with Gasteiger partial charge in [0.15, 0.2) is 11.5 Å². The Hall–Kier alpha value is -1.44. The number of ether oxygens (including phenoxy) is 2. The summed E-state index contributed by atoms with van der Waals surface area (Å²) in [6, 6.07) is 4.09. The van der Waals surface area contributed by atoms with Crippen LogP contribution in [0.5, 0.6) is 11.5 Å². The van der Waals surface area contributed by atoms with Gasteiger partial charge < -0.3 is 9.47 Å². The standard InChI is InChI=1S/C13H16O2/c1-8(2)9(3)11-5-6-12-13(10(11)4)15-7-14-12/h5-6H,7H2,1-4H3. The first-order valence-electron chi connectivity index (χ1n) is 5.15. The minimum atomic E-state index is 0.341. The van der Waals surface area contributed by atoms with E-state index in [9.17, 15) is 0 Å². The highest BCUT2D eigenvalue weighted by molar-refractivity contribution is 5.72. The first-order chi connectivity index (χ1) is 7.11. The topological polar surface area (TPSA) is 18.5 Å². The zero-order valence-corrected chi connectivity index (χ0v) is 9.68. The Kier molecular flexibility index (Phi) is 2.43. The van der Waals surface area contributed by atoms with Gasteiger partial charge in [-0.1, -0.05) is 11.6 Å². The molecule has 1 aromatic rings. The molecular weight excluding hydrogens is 188 g/mol. The molecule has 0 atom stereocenters. The maximum atomic E-state index is 5.45. The van der Waals surface area contributed by atoms with Crippen LogP contribution in [0.1, 0.15) is 31.9 Å². The summed E-state index contributed by atoms with van der Waals surface area (Å²) in [7, 11) is 0. The quantitative estimate of drug-likeness (QED) is 0.696. The van der Waals surface area contributed by atoms with E-state index in [1.54, 1.807) is 0 Å². The molecule has 80 valence electrons. The summed E-state index contributed by atoms with van der Waals surface area (Å²) in [6.45, 7) is 8.81. The third-order valence-corrected chi connectivity index (χ3v) is 2.94. The fourth-order valence-electron chi connectivity index (χ4n) is 1.79. The van der Waals surface area contributed by atoms with Gasteiger partial charge in [-0.05, 0) is 44.9 Å². The average molecular weight is 204 g/mol. The first kappa shape index (κ1) is 10.1. The molecule has 2 heteroatoms. The smallest absolute Gasteiger partial charge is 0.231 e. The van der Waals surface area contributed by atoms with E-state index in [0.717, 1.165) is 11.5 Å². The minimum Gasteiger partial charge on any atom is -0.454 e. The van der Waals surface area contributed by atoms with E-state index in [0.29, 0.717) is 6.79 Å². The Morgan fingerprint density at radius 2 is 1.87 bits per heavy atom. The molecule has 2 rings (SSSR count). The van der Waals surface area contributed by atoms with Crippen molar-refractivity contribution in [2.24, 2.45) is 0 Å². The molecule has 0 aromatic heterocycles. The van der Waals surface area contributed by atoms with Gasteiger partial charge in [-0.25, -0.2) is 0 Å². The summed E-state index contributed by atoms with van der Waals surface area (Å²) >= 11 is 0. The van der Waals surface area contributed by atoms with Crippen LogP contribution in [0.15, 0.2) is 17.7 Å². The van der Waals surface area contributed by atoms with Crippen LogP contribution in [-0.2, 0) is 0 Å². The number of hydrogen-bond donors (Lipinski definition) is 0. The van der Waals surface area contributed by atoms with E-state index >= 15 is 0 Å². The summed E-state index contributed by atoms with van der Waals surface area (Å²) in [6.07, 6.45) is 0. The first-order valence-corrected chi connectivity index (χ1v) is 5.15. The molecule has 0 N–H and O–H groups in total. The highest BCUT2D eigenvalue weighted by Crippen LogP contribution is 2.39. The van der Waals surface area contributed by atoms with Gasteiger partial charge in [-0.15, -0.1) is 0 Å². The Morgan fingerprint density at radius 3 is 2.53 bits per heavy atom. The maximum Gasteiger partial charge on any atom is 0.231 e.